The van der Waals surface area contributed by atoms with Gasteiger partial charge in [-0.1, -0.05) is 12.1 Å². The Labute approximate surface area is 131 Å². The van der Waals surface area contributed by atoms with E-state index in [2.05, 4.69) is 15.8 Å². The molecule has 0 saturated carbocycles. The summed E-state index contributed by atoms with van der Waals surface area (Å²) in [5.41, 5.74) is 2.40. The summed E-state index contributed by atoms with van der Waals surface area (Å²) in [6.45, 7) is 0.946. The summed E-state index contributed by atoms with van der Waals surface area (Å²) in [5, 5.41) is 16.7. The number of nitrogens with zero attached hydrogens (tertiary/aromatic N) is 2. The van der Waals surface area contributed by atoms with E-state index in [-0.39, 0.29) is 18.3 Å². The summed E-state index contributed by atoms with van der Waals surface area (Å²) in [7, 11) is 0. The highest BCUT2D eigenvalue weighted by atomic mass is 16.6. The molecule has 1 saturated heterocycles. The van der Waals surface area contributed by atoms with Crippen molar-refractivity contribution in [2.45, 2.75) is 18.9 Å². The predicted molar refractivity (Wildman–Crippen MR) is 80.8 cm³/mol. The average Bonchev–Trinajstić information content (AvgIpc) is 3.06. The van der Waals surface area contributed by atoms with Crippen molar-refractivity contribution in [3.05, 3.63) is 39.9 Å². The normalized spacial score (nSPS) is 17.1. The first-order valence-electron chi connectivity index (χ1n) is 7.03. The summed E-state index contributed by atoms with van der Waals surface area (Å²) in [5.74, 6) is -1.72. The lowest BCUT2D eigenvalue weighted by molar-refractivity contribution is -0.384. The summed E-state index contributed by atoms with van der Waals surface area (Å²) in [4.78, 5) is 33.2. The van der Waals surface area contributed by atoms with Gasteiger partial charge in [-0.3, -0.25) is 19.7 Å². The van der Waals surface area contributed by atoms with E-state index in [0.717, 1.165) is 12.8 Å². The van der Waals surface area contributed by atoms with Gasteiger partial charge in [0.1, 0.15) is 0 Å². The van der Waals surface area contributed by atoms with Crippen molar-refractivity contribution in [2.75, 3.05) is 13.2 Å². The van der Waals surface area contributed by atoms with Crippen molar-refractivity contribution in [1.82, 2.24) is 10.7 Å². The molecule has 2 N–H and O–H groups in total. The van der Waals surface area contributed by atoms with Crippen molar-refractivity contribution in [1.29, 1.82) is 0 Å². The van der Waals surface area contributed by atoms with E-state index in [9.17, 15) is 19.7 Å². The van der Waals surface area contributed by atoms with E-state index >= 15 is 0 Å². The number of nitro groups is 1. The Morgan fingerprint density at radius 3 is 2.96 bits per heavy atom. The number of nitro benzene ring substituents is 1. The van der Waals surface area contributed by atoms with E-state index in [0.29, 0.717) is 12.2 Å². The second kappa shape index (κ2) is 7.99. The van der Waals surface area contributed by atoms with Crippen LogP contribution in [-0.2, 0) is 14.3 Å². The Morgan fingerprint density at radius 1 is 1.43 bits per heavy atom. The molecular weight excluding hydrogens is 304 g/mol. The van der Waals surface area contributed by atoms with Crippen molar-refractivity contribution in [3.8, 4) is 0 Å². The van der Waals surface area contributed by atoms with Crippen LogP contribution in [0, 0.1) is 10.1 Å². The second-order valence-corrected chi connectivity index (χ2v) is 4.90. The van der Waals surface area contributed by atoms with Crippen molar-refractivity contribution < 1.29 is 19.2 Å². The smallest absolute Gasteiger partial charge is 0.329 e. The van der Waals surface area contributed by atoms with Crippen LogP contribution in [0.2, 0.25) is 0 Å². The largest absolute Gasteiger partial charge is 0.376 e. The highest BCUT2D eigenvalue weighted by molar-refractivity contribution is 6.35. The third kappa shape index (κ3) is 5.15. The zero-order chi connectivity index (χ0) is 16.7. The summed E-state index contributed by atoms with van der Waals surface area (Å²) in [6.07, 6.45) is 2.96. The fourth-order valence-corrected chi connectivity index (χ4v) is 2.03. The van der Waals surface area contributed by atoms with Crippen LogP contribution >= 0.6 is 0 Å². The van der Waals surface area contributed by atoms with Gasteiger partial charge in [0, 0.05) is 30.8 Å². The molecule has 0 aromatic heterocycles. The zero-order valence-corrected chi connectivity index (χ0v) is 12.2. The molecule has 9 nitrogen and oxygen atoms in total. The van der Waals surface area contributed by atoms with Crippen LogP contribution < -0.4 is 10.7 Å². The minimum absolute atomic E-state index is 0.0554. The third-order valence-electron chi connectivity index (χ3n) is 3.18. The lowest BCUT2D eigenvalue weighted by Crippen LogP contribution is -2.41. The number of amides is 2. The first-order valence-corrected chi connectivity index (χ1v) is 7.03. The fourth-order valence-electron chi connectivity index (χ4n) is 2.03. The molecule has 122 valence electrons. The molecule has 1 atom stereocenters. The van der Waals surface area contributed by atoms with E-state index in [1.54, 1.807) is 6.07 Å². The second-order valence-electron chi connectivity index (χ2n) is 4.90. The maximum atomic E-state index is 11.5. The number of carbonyl (C=O) groups is 2. The summed E-state index contributed by atoms with van der Waals surface area (Å²) in [6, 6.07) is 5.72. The lowest BCUT2D eigenvalue weighted by Gasteiger charge is -2.09. The maximum Gasteiger partial charge on any atom is 0.329 e. The SMILES string of the molecule is O=C(NC[C@H]1CCCO1)C(=O)N/N=C\c1cccc([N+](=O)[O-])c1. The molecule has 1 fully saturated rings. The van der Waals surface area contributed by atoms with Gasteiger partial charge in [-0.15, -0.1) is 0 Å². The van der Waals surface area contributed by atoms with Gasteiger partial charge in [-0.05, 0) is 12.8 Å². The van der Waals surface area contributed by atoms with Gasteiger partial charge >= 0.3 is 11.8 Å². The van der Waals surface area contributed by atoms with Crippen LogP contribution in [0.4, 0.5) is 5.69 Å². The number of nitrogens with one attached hydrogen (secondary N) is 2. The number of rotatable bonds is 5. The summed E-state index contributed by atoms with van der Waals surface area (Å²) >= 11 is 0. The minimum atomic E-state index is -0.912. The Balaban J connectivity index is 1.79. The summed E-state index contributed by atoms with van der Waals surface area (Å²) < 4.78 is 5.32. The molecule has 23 heavy (non-hydrogen) atoms. The fraction of sp³-hybridized carbons (Fsp3) is 0.357. The molecule has 2 amide bonds. The molecule has 1 heterocycles. The van der Waals surface area contributed by atoms with E-state index in [1.807, 2.05) is 0 Å². The molecule has 0 unspecified atom stereocenters. The average molecular weight is 320 g/mol. The van der Waals surface area contributed by atoms with Crippen LogP contribution in [-0.4, -0.2) is 42.2 Å². The molecule has 0 spiro atoms. The highest BCUT2D eigenvalue weighted by Crippen LogP contribution is 2.11. The quantitative estimate of drug-likeness (QED) is 0.350. The molecule has 0 aliphatic carbocycles. The van der Waals surface area contributed by atoms with E-state index in [1.165, 1.54) is 24.4 Å². The number of hydrogen-bond donors (Lipinski definition) is 2. The first-order chi connectivity index (χ1) is 11.1. The number of carbonyl (C=O) groups excluding carboxylic acids is 2. The molecule has 9 heteroatoms. The highest BCUT2D eigenvalue weighted by Gasteiger charge is 2.18. The number of hydrazone groups is 1. The Bertz CT molecular complexity index is 625. The first kappa shape index (κ1) is 16.6. The Morgan fingerprint density at radius 2 is 2.26 bits per heavy atom. The predicted octanol–water partition coefficient (Wildman–Crippen LogP) is 0.340. The van der Waals surface area contributed by atoms with Crippen molar-refractivity contribution >= 4 is 23.7 Å². The number of non-ortho nitro benzene ring substituents is 1. The van der Waals surface area contributed by atoms with Gasteiger partial charge in [0.15, 0.2) is 0 Å². The molecule has 1 aromatic rings. The van der Waals surface area contributed by atoms with Gasteiger partial charge in [0.05, 0.1) is 17.2 Å². The van der Waals surface area contributed by atoms with Crippen LogP contribution in [0.5, 0.6) is 0 Å². The number of ether oxygens (including phenoxy) is 1. The standard InChI is InChI=1S/C14H16N4O5/c19-13(15-9-12-5-2-6-23-12)14(20)17-16-8-10-3-1-4-11(7-10)18(21)22/h1,3-4,7-8,12H,2,5-6,9H2,(H,15,19)(H,17,20)/b16-8-/t12-/m1/s1. The molecule has 2 rings (SSSR count). The van der Waals surface area contributed by atoms with Crippen LogP contribution in [0.1, 0.15) is 18.4 Å². The van der Waals surface area contributed by atoms with Crippen LogP contribution in [0.15, 0.2) is 29.4 Å². The monoisotopic (exact) mass is 320 g/mol. The van der Waals surface area contributed by atoms with Crippen LogP contribution in [0.25, 0.3) is 0 Å². The van der Waals surface area contributed by atoms with Gasteiger partial charge in [0.2, 0.25) is 0 Å². The van der Waals surface area contributed by atoms with Gasteiger partial charge in [0.25, 0.3) is 5.69 Å². The molecule has 0 bridgehead atoms. The molecule has 1 aromatic carbocycles. The Hall–Kier alpha value is -2.81. The Kier molecular flexibility index (Phi) is 5.75. The third-order valence-corrected chi connectivity index (χ3v) is 3.18. The zero-order valence-electron chi connectivity index (χ0n) is 12.2. The molecular formula is C14H16N4O5. The number of benzene rings is 1. The van der Waals surface area contributed by atoms with Crippen molar-refractivity contribution in [3.63, 3.8) is 0 Å². The lowest BCUT2D eigenvalue weighted by atomic mass is 10.2. The molecule has 0 radical (unpaired) electrons. The molecule has 1 aliphatic rings. The van der Waals surface area contributed by atoms with Crippen molar-refractivity contribution in [2.24, 2.45) is 5.10 Å². The minimum Gasteiger partial charge on any atom is -0.376 e. The van der Waals surface area contributed by atoms with Gasteiger partial charge < -0.3 is 10.1 Å². The van der Waals surface area contributed by atoms with Crippen LogP contribution in [0.3, 0.4) is 0 Å². The van der Waals surface area contributed by atoms with Gasteiger partial charge in [-0.25, -0.2) is 5.43 Å². The maximum absolute atomic E-state index is 11.5. The number of hydrogen-bond acceptors (Lipinski definition) is 6. The topological polar surface area (TPSA) is 123 Å². The van der Waals surface area contributed by atoms with Gasteiger partial charge in [-0.2, -0.15) is 5.10 Å². The molecule has 1 aliphatic heterocycles. The van der Waals surface area contributed by atoms with E-state index < -0.39 is 16.7 Å². The van der Waals surface area contributed by atoms with E-state index in [4.69, 9.17) is 4.74 Å².